The molecule has 0 atom stereocenters. The second-order valence-electron chi connectivity index (χ2n) is 8.97. The summed E-state index contributed by atoms with van der Waals surface area (Å²) >= 11 is 0. The van der Waals surface area contributed by atoms with Gasteiger partial charge in [0.15, 0.2) is 5.58 Å². The zero-order valence-corrected chi connectivity index (χ0v) is 18.0. The number of nitrogens with zero attached hydrogens (tertiary/aromatic N) is 3. The largest absolute Gasteiger partial charge is 0.463 e. The summed E-state index contributed by atoms with van der Waals surface area (Å²) in [5.41, 5.74) is 3.89. The average Bonchev–Trinajstić information content (AvgIpc) is 3.49. The van der Waals surface area contributed by atoms with Gasteiger partial charge >= 0.3 is 0 Å². The van der Waals surface area contributed by atoms with Crippen LogP contribution in [0.15, 0.2) is 53.1 Å². The van der Waals surface area contributed by atoms with Crippen molar-refractivity contribution in [3.8, 4) is 11.3 Å². The van der Waals surface area contributed by atoms with Crippen LogP contribution in [0.3, 0.4) is 0 Å². The second-order valence-corrected chi connectivity index (χ2v) is 8.97. The number of pyridine rings is 1. The summed E-state index contributed by atoms with van der Waals surface area (Å²) in [6.45, 7) is 6.67. The van der Waals surface area contributed by atoms with Gasteiger partial charge in [0.2, 0.25) is 5.91 Å². The highest BCUT2D eigenvalue weighted by atomic mass is 16.3. The van der Waals surface area contributed by atoms with E-state index >= 15 is 0 Å². The first kappa shape index (κ1) is 19.8. The van der Waals surface area contributed by atoms with Gasteiger partial charge < -0.3 is 14.2 Å². The Kier molecular flexibility index (Phi) is 4.80. The van der Waals surface area contributed by atoms with Crippen LogP contribution in [0, 0.1) is 11.3 Å². The van der Waals surface area contributed by atoms with Gasteiger partial charge in [0, 0.05) is 43.4 Å². The highest BCUT2D eigenvalue weighted by Gasteiger charge is 2.53. The lowest BCUT2D eigenvalue weighted by Crippen LogP contribution is -2.52. The quantitative estimate of drug-likeness (QED) is 0.638. The third kappa shape index (κ3) is 3.50. The Morgan fingerprint density at radius 3 is 2.26 bits per heavy atom. The average molecular weight is 418 g/mol. The van der Waals surface area contributed by atoms with Gasteiger partial charge in [-0.1, -0.05) is 26.0 Å². The monoisotopic (exact) mass is 417 g/mol. The lowest BCUT2D eigenvalue weighted by atomic mass is 9.90. The molecule has 0 unspecified atom stereocenters. The number of carbonyl (C=O) groups is 2. The third-order valence-electron chi connectivity index (χ3n) is 6.91. The van der Waals surface area contributed by atoms with E-state index < -0.39 is 0 Å². The molecule has 2 fully saturated rings. The second kappa shape index (κ2) is 7.52. The fraction of sp³-hybridized carbons (Fsp3) is 0.400. The predicted molar refractivity (Wildman–Crippen MR) is 118 cm³/mol. The molecule has 5 rings (SSSR count). The highest BCUT2D eigenvalue weighted by Crippen LogP contribution is 2.53. The van der Waals surface area contributed by atoms with E-state index in [0.29, 0.717) is 37.7 Å². The zero-order valence-electron chi connectivity index (χ0n) is 18.0. The van der Waals surface area contributed by atoms with E-state index in [1.165, 1.54) is 0 Å². The summed E-state index contributed by atoms with van der Waals surface area (Å²) in [6.07, 6.45) is 3.62. The number of fused-ring (bicyclic) bond motifs is 1. The van der Waals surface area contributed by atoms with Crippen molar-refractivity contribution in [3.63, 3.8) is 0 Å². The molecule has 2 amide bonds. The van der Waals surface area contributed by atoms with Crippen LogP contribution in [0.2, 0.25) is 0 Å². The number of furan rings is 1. The van der Waals surface area contributed by atoms with E-state index in [4.69, 9.17) is 4.42 Å². The molecule has 1 aliphatic heterocycles. The molecule has 1 saturated heterocycles. The number of hydrogen-bond acceptors (Lipinski definition) is 4. The summed E-state index contributed by atoms with van der Waals surface area (Å²) in [5, 5.41) is 0. The molecule has 2 aliphatic rings. The summed E-state index contributed by atoms with van der Waals surface area (Å²) in [6, 6.07) is 13.2. The van der Waals surface area contributed by atoms with Crippen molar-refractivity contribution in [2.75, 3.05) is 26.2 Å². The third-order valence-corrected chi connectivity index (χ3v) is 6.91. The van der Waals surface area contributed by atoms with Crippen molar-refractivity contribution in [2.45, 2.75) is 26.7 Å². The van der Waals surface area contributed by atoms with Crippen molar-refractivity contribution in [2.24, 2.45) is 11.3 Å². The molecule has 0 bridgehead atoms. The van der Waals surface area contributed by atoms with Crippen LogP contribution >= 0.6 is 0 Å². The first-order valence-electron chi connectivity index (χ1n) is 11.0. The Morgan fingerprint density at radius 2 is 1.61 bits per heavy atom. The minimum atomic E-state index is -0.143. The molecule has 1 aliphatic carbocycles. The van der Waals surface area contributed by atoms with Crippen LogP contribution in [-0.2, 0) is 4.79 Å². The smallest absolute Gasteiger partial charge is 0.253 e. The van der Waals surface area contributed by atoms with E-state index in [-0.39, 0.29) is 17.2 Å². The maximum atomic E-state index is 13.0. The lowest BCUT2D eigenvalue weighted by molar-refractivity contribution is -0.140. The summed E-state index contributed by atoms with van der Waals surface area (Å²) in [7, 11) is 0. The maximum absolute atomic E-state index is 13.0. The van der Waals surface area contributed by atoms with Crippen LogP contribution in [0.5, 0.6) is 0 Å². The van der Waals surface area contributed by atoms with E-state index in [1.54, 1.807) is 6.26 Å². The van der Waals surface area contributed by atoms with Gasteiger partial charge in [-0.2, -0.15) is 0 Å². The number of carbonyl (C=O) groups excluding carboxylic acids is 2. The predicted octanol–water partition coefficient (Wildman–Crippen LogP) is 4.22. The van der Waals surface area contributed by atoms with Crippen molar-refractivity contribution >= 4 is 22.9 Å². The van der Waals surface area contributed by atoms with E-state index in [1.807, 2.05) is 52.3 Å². The molecule has 3 heterocycles. The molecule has 3 aromatic rings. The Bertz CT molecular complexity index is 1120. The Labute approximate surface area is 181 Å². The van der Waals surface area contributed by atoms with Gasteiger partial charge in [-0.15, -0.1) is 0 Å². The Hall–Kier alpha value is -3.15. The molecule has 160 valence electrons. The van der Waals surface area contributed by atoms with Crippen LogP contribution in [0.4, 0.5) is 0 Å². The minimum absolute atomic E-state index is 0.0156. The molecule has 31 heavy (non-hydrogen) atoms. The molecular weight excluding hydrogens is 390 g/mol. The summed E-state index contributed by atoms with van der Waals surface area (Å²) in [4.78, 5) is 34.3. The molecule has 1 saturated carbocycles. The molecule has 2 aromatic heterocycles. The molecule has 0 radical (unpaired) electrons. The number of rotatable bonds is 4. The van der Waals surface area contributed by atoms with Gasteiger partial charge in [0.25, 0.3) is 5.91 Å². The van der Waals surface area contributed by atoms with E-state index in [0.717, 1.165) is 35.2 Å². The first-order valence-corrected chi connectivity index (χ1v) is 11.0. The van der Waals surface area contributed by atoms with Crippen molar-refractivity contribution in [1.29, 1.82) is 0 Å². The standard InChI is InChI=1S/C25H27N3O3/c1-17(2)25(10-11-25)24(30)28-14-12-27(13-15-28)23(29)19-5-3-18(4-6-19)20-7-8-22-21(26-20)9-16-31-22/h3-9,16-17H,10-15H2,1-2H3. The molecule has 1 aromatic carbocycles. The first-order chi connectivity index (χ1) is 15.0. The van der Waals surface area contributed by atoms with Gasteiger partial charge in [0.1, 0.15) is 5.52 Å². The van der Waals surface area contributed by atoms with Crippen molar-refractivity contribution in [3.05, 3.63) is 54.3 Å². The normalized spacial score (nSPS) is 17.9. The zero-order chi connectivity index (χ0) is 21.6. The number of hydrogen-bond donors (Lipinski definition) is 0. The SMILES string of the molecule is CC(C)C1(C(=O)N2CCN(C(=O)c3ccc(-c4ccc5occc5n4)cc3)CC2)CC1. The summed E-state index contributed by atoms with van der Waals surface area (Å²) in [5.74, 6) is 0.671. The fourth-order valence-electron chi connectivity index (χ4n) is 4.58. The van der Waals surface area contributed by atoms with E-state index in [9.17, 15) is 9.59 Å². The highest BCUT2D eigenvalue weighted by molar-refractivity contribution is 5.95. The number of piperazine rings is 1. The Morgan fingerprint density at radius 1 is 0.935 bits per heavy atom. The molecule has 6 nitrogen and oxygen atoms in total. The van der Waals surface area contributed by atoms with Crippen molar-refractivity contribution < 1.29 is 14.0 Å². The van der Waals surface area contributed by atoms with Gasteiger partial charge in [-0.05, 0) is 43.0 Å². The van der Waals surface area contributed by atoms with Crippen LogP contribution in [0.1, 0.15) is 37.0 Å². The lowest BCUT2D eigenvalue weighted by Gasteiger charge is -2.37. The maximum Gasteiger partial charge on any atom is 0.253 e. The van der Waals surface area contributed by atoms with Crippen molar-refractivity contribution in [1.82, 2.24) is 14.8 Å². The molecule has 0 N–H and O–H groups in total. The van der Waals surface area contributed by atoms with Gasteiger partial charge in [-0.3, -0.25) is 9.59 Å². The fourth-order valence-corrected chi connectivity index (χ4v) is 4.58. The van der Waals surface area contributed by atoms with Gasteiger partial charge in [0.05, 0.1) is 17.4 Å². The molecule has 0 spiro atoms. The van der Waals surface area contributed by atoms with Crippen LogP contribution < -0.4 is 0 Å². The molecule has 6 heteroatoms. The topological polar surface area (TPSA) is 66.7 Å². The number of amides is 2. The van der Waals surface area contributed by atoms with E-state index in [2.05, 4.69) is 18.8 Å². The molecular formula is C25H27N3O3. The number of aromatic nitrogens is 1. The van der Waals surface area contributed by atoms with Crippen LogP contribution in [-0.4, -0.2) is 52.8 Å². The summed E-state index contributed by atoms with van der Waals surface area (Å²) < 4.78 is 5.35. The number of benzene rings is 1. The Balaban J connectivity index is 1.23. The van der Waals surface area contributed by atoms with Gasteiger partial charge in [-0.25, -0.2) is 4.98 Å². The minimum Gasteiger partial charge on any atom is -0.463 e. The van der Waals surface area contributed by atoms with Crippen LogP contribution in [0.25, 0.3) is 22.4 Å².